The van der Waals surface area contributed by atoms with Crippen molar-refractivity contribution in [3.63, 3.8) is 0 Å². The molecule has 0 bridgehead atoms. The second-order valence-electron chi connectivity index (χ2n) is 1.90. The minimum absolute atomic E-state index is 0.228. The Hall–Kier alpha value is -0.370. The van der Waals surface area contributed by atoms with Crippen molar-refractivity contribution in [3.8, 4) is 0 Å². The maximum absolute atomic E-state index is 8.94. The van der Waals surface area contributed by atoms with Crippen LogP contribution in [0.4, 0.5) is 0 Å². The van der Waals surface area contributed by atoms with E-state index in [4.69, 9.17) is 16.7 Å². The lowest BCUT2D eigenvalue weighted by Gasteiger charge is -2.07. The second-order valence-corrected chi connectivity index (χ2v) is 2.36. The zero-order valence-corrected chi connectivity index (χ0v) is 5.44. The van der Waals surface area contributed by atoms with E-state index in [0.29, 0.717) is 5.03 Å². The molecule has 1 heterocycles. The van der Waals surface area contributed by atoms with Crippen LogP contribution in [0.3, 0.4) is 0 Å². The van der Waals surface area contributed by atoms with E-state index in [0.717, 1.165) is 13.0 Å². The van der Waals surface area contributed by atoms with Crippen molar-refractivity contribution in [2.24, 2.45) is 0 Å². The molecule has 0 fully saturated rings. The maximum atomic E-state index is 8.94. The number of nitrogens with zero attached hydrogens (tertiary/aromatic N) is 1. The molecule has 1 rings (SSSR count). The summed E-state index contributed by atoms with van der Waals surface area (Å²) < 4.78 is 0. The topological polar surface area (TPSA) is 23.5 Å². The molecule has 46 valence electrons. The summed E-state index contributed by atoms with van der Waals surface area (Å²) in [5.74, 6) is 0.228. The summed E-state index contributed by atoms with van der Waals surface area (Å²) in [7, 11) is 1.81. The molecule has 0 amide bonds. The van der Waals surface area contributed by atoms with Gasteiger partial charge in [-0.1, -0.05) is 11.6 Å². The molecule has 1 aliphatic heterocycles. The predicted molar refractivity (Wildman–Crippen MR) is 32.8 cm³/mol. The Bertz CT molecular complexity index is 132. The first-order valence-electron chi connectivity index (χ1n) is 2.50. The molecule has 0 aliphatic carbocycles. The van der Waals surface area contributed by atoms with Gasteiger partial charge in [-0.25, -0.2) is 0 Å². The zero-order valence-electron chi connectivity index (χ0n) is 4.69. The summed E-state index contributed by atoms with van der Waals surface area (Å²) in [4.78, 5) is 1.72. The molecule has 3 heteroatoms. The number of aliphatic hydroxyl groups excluding tert-OH is 1. The van der Waals surface area contributed by atoms with Crippen LogP contribution in [0.25, 0.3) is 0 Å². The van der Waals surface area contributed by atoms with Crippen molar-refractivity contribution in [2.45, 2.75) is 6.42 Å². The number of rotatable bonds is 0. The van der Waals surface area contributed by atoms with Gasteiger partial charge in [-0.05, 0) is 0 Å². The van der Waals surface area contributed by atoms with E-state index < -0.39 is 0 Å². The Morgan fingerprint density at radius 2 is 2.38 bits per heavy atom. The molecule has 0 saturated carbocycles. The van der Waals surface area contributed by atoms with E-state index in [1.165, 1.54) is 0 Å². The molecule has 0 spiro atoms. The molecule has 8 heavy (non-hydrogen) atoms. The maximum Gasteiger partial charge on any atom is 0.201 e. The predicted octanol–water partition coefficient (Wildman–Crippen LogP) is 1.29. The van der Waals surface area contributed by atoms with Gasteiger partial charge in [0.05, 0.1) is 5.03 Å². The van der Waals surface area contributed by atoms with Gasteiger partial charge in [0.25, 0.3) is 0 Å². The van der Waals surface area contributed by atoms with Crippen molar-refractivity contribution in [1.29, 1.82) is 0 Å². The highest BCUT2D eigenvalue weighted by atomic mass is 35.5. The molecule has 1 N–H and O–H groups in total. The summed E-state index contributed by atoms with van der Waals surface area (Å²) in [5.41, 5.74) is 0. The highest BCUT2D eigenvalue weighted by molar-refractivity contribution is 6.29. The Kier molecular flexibility index (Phi) is 1.34. The van der Waals surface area contributed by atoms with Crippen molar-refractivity contribution in [2.75, 3.05) is 13.6 Å². The minimum atomic E-state index is 0.228. The Labute approximate surface area is 53.4 Å². The average Bonchev–Trinajstić information content (AvgIpc) is 1.98. The van der Waals surface area contributed by atoms with Gasteiger partial charge in [0, 0.05) is 20.0 Å². The van der Waals surface area contributed by atoms with Gasteiger partial charge in [-0.2, -0.15) is 0 Å². The summed E-state index contributed by atoms with van der Waals surface area (Å²) in [6, 6.07) is 0. The summed E-state index contributed by atoms with van der Waals surface area (Å²) in [6.07, 6.45) is 0.782. The van der Waals surface area contributed by atoms with Crippen molar-refractivity contribution < 1.29 is 5.11 Å². The number of halogens is 1. The van der Waals surface area contributed by atoms with Crippen LogP contribution in [0, 0.1) is 0 Å². The van der Waals surface area contributed by atoms with Crippen molar-refractivity contribution >= 4 is 11.6 Å². The van der Waals surface area contributed by atoms with E-state index in [9.17, 15) is 0 Å². The molecule has 1 aliphatic rings. The first-order chi connectivity index (χ1) is 3.72. The van der Waals surface area contributed by atoms with Crippen LogP contribution >= 0.6 is 11.6 Å². The summed E-state index contributed by atoms with van der Waals surface area (Å²) >= 11 is 5.55. The summed E-state index contributed by atoms with van der Waals surface area (Å²) in [5, 5.41) is 9.52. The molecule has 0 aromatic rings. The van der Waals surface area contributed by atoms with E-state index in [-0.39, 0.29) is 5.88 Å². The second kappa shape index (κ2) is 1.86. The Balaban J connectivity index is 2.71. The first-order valence-corrected chi connectivity index (χ1v) is 2.88. The van der Waals surface area contributed by atoms with Gasteiger partial charge < -0.3 is 10.0 Å². The van der Waals surface area contributed by atoms with Crippen LogP contribution in [-0.2, 0) is 0 Å². The third-order valence-electron chi connectivity index (χ3n) is 1.27. The van der Waals surface area contributed by atoms with Crippen molar-refractivity contribution in [1.82, 2.24) is 4.90 Å². The van der Waals surface area contributed by atoms with E-state index >= 15 is 0 Å². The smallest absolute Gasteiger partial charge is 0.201 e. The van der Waals surface area contributed by atoms with Crippen LogP contribution in [-0.4, -0.2) is 23.6 Å². The number of aliphatic hydroxyl groups is 1. The quantitative estimate of drug-likeness (QED) is 0.538. The lowest BCUT2D eigenvalue weighted by atomic mass is 10.5. The monoisotopic (exact) mass is 133 g/mol. The largest absolute Gasteiger partial charge is 0.494 e. The first kappa shape index (κ1) is 5.76. The fraction of sp³-hybridized carbons (Fsp3) is 0.600. The lowest BCUT2D eigenvalue weighted by molar-refractivity contribution is 0.256. The van der Waals surface area contributed by atoms with Crippen LogP contribution in [0.2, 0.25) is 0 Å². The van der Waals surface area contributed by atoms with Crippen LogP contribution < -0.4 is 0 Å². The van der Waals surface area contributed by atoms with E-state index in [1.807, 2.05) is 7.05 Å². The van der Waals surface area contributed by atoms with Gasteiger partial charge in [0.2, 0.25) is 5.88 Å². The van der Waals surface area contributed by atoms with Gasteiger partial charge in [-0.3, -0.25) is 0 Å². The van der Waals surface area contributed by atoms with Gasteiger partial charge in [-0.15, -0.1) is 0 Å². The number of hydrogen-bond acceptors (Lipinski definition) is 2. The van der Waals surface area contributed by atoms with Gasteiger partial charge >= 0.3 is 0 Å². The molecule has 0 unspecified atom stereocenters. The fourth-order valence-electron chi connectivity index (χ4n) is 0.691. The van der Waals surface area contributed by atoms with Crippen LogP contribution in [0.5, 0.6) is 0 Å². The van der Waals surface area contributed by atoms with Crippen molar-refractivity contribution in [3.05, 3.63) is 10.9 Å². The molecule has 2 nitrogen and oxygen atoms in total. The normalized spacial score (nSPS) is 20.5. The van der Waals surface area contributed by atoms with E-state index in [2.05, 4.69) is 0 Å². The molecular weight excluding hydrogens is 126 g/mol. The highest BCUT2D eigenvalue weighted by Crippen LogP contribution is 2.21. The average molecular weight is 134 g/mol. The minimum Gasteiger partial charge on any atom is -0.494 e. The third kappa shape index (κ3) is 0.757. The zero-order chi connectivity index (χ0) is 6.15. The van der Waals surface area contributed by atoms with Crippen LogP contribution in [0.15, 0.2) is 10.9 Å². The molecule has 0 aromatic carbocycles. The molecule has 0 saturated heterocycles. The van der Waals surface area contributed by atoms with E-state index in [1.54, 1.807) is 4.90 Å². The fourth-order valence-corrected chi connectivity index (χ4v) is 0.919. The molecule has 0 radical (unpaired) electrons. The van der Waals surface area contributed by atoms with Gasteiger partial charge in [0.1, 0.15) is 0 Å². The Morgan fingerprint density at radius 1 is 1.75 bits per heavy atom. The lowest BCUT2D eigenvalue weighted by Crippen LogP contribution is -2.11. The summed E-state index contributed by atoms with van der Waals surface area (Å²) in [6.45, 7) is 0.838. The third-order valence-corrected chi connectivity index (χ3v) is 1.63. The SMILES string of the molecule is CN1CCC(Cl)=C1O. The molecule has 0 atom stereocenters. The van der Waals surface area contributed by atoms with Gasteiger partial charge in [0.15, 0.2) is 0 Å². The standard InChI is InChI=1S/C5H8ClNO/c1-7-3-2-4(6)5(7)8/h8H,2-3H2,1H3. The molecular formula is C5H8ClNO. The Morgan fingerprint density at radius 3 is 2.50 bits per heavy atom. The number of hydrogen-bond donors (Lipinski definition) is 1. The molecule has 0 aromatic heterocycles. The van der Waals surface area contributed by atoms with Crippen LogP contribution in [0.1, 0.15) is 6.42 Å². The highest BCUT2D eigenvalue weighted by Gasteiger charge is 2.15.